The number of benzene rings is 1. The molecule has 1 aromatic carbocycles. The van der Waals surface area contributed by atoms with E-state index in [-0.39, 0.29) is 16.6 Å². The minimum atomic E-state index is -4.64. The molecule has 0 aliphatic heterocycles. The Labute approximate surface area is 128 Å². The molecule has 2 aromatic rings. The Morgan fingerprint density at radius 3 is 2.68 bits per heavy atom. The molecule has 0 saturated heterocycles. The minimum absolute atomic E-state index is 0.198. The van der Waals surface area contributed by atoms with Crippen LogP contribution in [0.4, 0.5) is 13.2 Å². The fraction of sp³-hybridized carbons (Fsp3) is 0.231. The van der Waals surface area contributed by atoms with Gasteiger partial charge in [-0.3, -0.25) is 4.79 Å². The fourth-order valence-electron chi connectivity index (χ4n) is 1.61. The van der Waals surface area contributed by atoms with Gasteiger partial charge in [-0.25, -0.2) is 0 Å². The third-order valence-corrected chi connectivity index (χ3v) is 3.00. The fourth-order valence-corrected chi connectivity index (χ4v) is 1.83. The lowest BCUT2D eigenvalue weighted by Gasteiger charge is -2.09. The molecule has 0 aliphatic carbocycles. The van der Waals surface area contributed by atoms with Crippen molar-refractivity contribution in [2.24, 2.45) is 0 Å². The first-order chi connectivity index (χ1) is 10.3. The van der Waals surface area contributed by atoms with E-state index in [1.165, 1.54) is 19.2 Å². The Balaban J connectivity index is 2.44. The van der Waals surface area contributed by atoms with Gasteiger partial charge in [0.25, 0.3) is 5.91 Å². The quantitative estimate of drug-likeness (QED) is 0.936. The van der Waals surface area contributed by atoms with E-state index in [9.17, 15) is 18.0 Å². The van der Waals surface area contributed by atoms with Gasteiger partial charge in [0.15, 0.2) is 12.3 Å². The summed E-state index contributed by atoms with van der Waals surface area (Å²) in [4.78, 5) is 11.2. The summed E-state index contributed by atoms with van der Waals surface area (Å²) in [6.45, 7) is -0.441. The zero-order chi connectivity index (χ0) is 16.3. The molecule has 1 N–H and O–H groups in total. The number of nitrogens with zero attached hydrogens (tertiary/aromatic N) is 2. The maximum absolute atomic E-state index is 12.8. The van der Waals surface area contributed by atoms with Crippen molar-refractivity contribution < 1.29 is 22.7 Å². The monoisotopic (exact) mass is 333 g/mol. The molecular weight excluding hydrogens is 323 g/mol. The molecule has 2 rings (SSSR count). The zero-order valence-electron chi connectivity index (χ0n) is 11.3. The Bertz CT molecular complexity index is 685. The van der Waals surface area contributed by atoms with Gasteiger partial charge in [-0.1, -0.05) is 23.7 Å². The number of likely N-dealkylation sites (N-methyl/N-ethyl adjacent to an activating group) is 1. The summed E-state index contributed by atoms with van der Waals surface area (Å²) in [5.41, 5.74) is -0.925. The number of nitrogens with one attached hydrogen (secondary N) is 1. The summed E-state index contributed by atoms with van der Waals surface area (Å²) in [5, 5.41) is 5.97. The second kappa shape index (κ2) is 6.27. The summed E-state index contributed by atoms with van der Waals surface area (Å²) in [5.74, 6) is -0.718. The number of amides is 1. The van der Waals surface area contributed by atoms with Gasteiger partial charge in [-0.05, 0) is 12.1 Å². The van der Waals surface area contributed by atoms with Crippen LogP contribution in [0.25, 0.3) is 5.69 Å². The highest BCUT2D eigenvalue weighted by Gasteiger charge is 2.35. The summed E-state index contributed by atoms with van der Waals surface area (Å²) in [7, 11) is 1.39. The highest BCUT2D eigenvalue weighted by Crippen LogP contribution is 2.33. The molecule has 0 atom stereocenters. The van der Waals surface area contributed by atoms with E-state index in [2.05, 4.69) is 10.4 Å². The first-order valence-corrected chi connectivity index (χ1v) is 6.46. The smallest absolute Gasteiger partial charge is 0.435 e. The van der Waals surface area contributed by atoms with Crippen molar-refractivity contribution in [1.29, 1.82) is 0 Å². The Kier molecular flexibility index (Phi) is 4.60. The van der Waals surface area contributed by atoms with Gasteiger partial charge in [0.2, 0.25) is 5.88 Å². The van der Waals surface area contributed by atoms with Crippen molar-refractivity contribution in [3.05, 3.63) is 41.0 Å². The largest absolute Gasteiger partial charge is 0.467 e. The standard InChI is InChI=1S/C13H11ClF3N3O2/c1-18-11(21)7-22-12-6-10(13(15,16)17)19-20(12)9-5-3-2-4-8(9)14/h2-6H,7H2,1H3,(H,18,21). The highest BCUT2D eigenvalue weighted by atomic mass is 35.5. The zero-order valence-corrected chi connectivity index (χ0v) is 12.1. The van der Waals surface area contributed by atoms with Crippen LogP contribution >= 0.6 is 11.6 Å². The molecule has 0 saturated carbocycles. The number of alkyl halides is 3. The van der Waals surface area contributed by atoms with Crippen molar-refractivity contribution >= 4 is 17.5 Å². The molecule has 0 radical (unpaired) electrons. The first kappa shape index (κ1) is 16.2. The van der Waals surface area contributed by atoms with Crippen LogP contribution in [-0.2, 0) is 11.0 Å². The topological polar surface area (TPSA) is 56.1 Å². The molecule has 0 unspecified atom stereocenters. The molecule has 5 nitrogen and oxygen atoms in total. The number of carbonyl (C=O) groups excluding carboxylic acids is 1. The number of halogens is 4. The summed E-state index contributed by atoms with van der Waals surface area (Å²) in [6.07, 6.45) is -4.64. The molecule has 0 aliphatic rings. The predicted octanol–water partition coefficient (Wildman–Crippen LogP) is 2.67. The van der Waals surface area contributed by atoms with Crippen LogP contribution in [0.1, 0.15) is 5.69 Å². The predicted molar refractivity (Wildman–Crippen MR) is 73.1 cm³/mol. The average molecular weight is 334 g/mol. The van der Waals surface area contributed by atoms with Gasteiger partial charge in [-0.15, -0.1) is 0 Å². The number of aromatic nitrogens is 2. The van der Waals surface area contributed by atoms with Gasteiger partial charge in [0, 0.05) is 13.1 Å². The van der Waals surface area contributed by atoms with Gasteiger partial charge in [0.1, 0.15) is 0 Å². The van der Waals surface area contributed by atoms with E-state index in [1.807, 2.05) is 0 Å². The lowest BCUT2D eigenvalue weighted by molar-refractivity contribution is -0.141. The first-order valence-electron chi connectivity index (χ1n) is 6.08. The van der Waals surface area contributed by atoms with Gasteiger partial charge >= 0.3 is 6.18 Å². The summed E-state index contributed by atoms with van der Waals surface area (Å²) < 4.78 is 44.5. The van der Waals surface area contributed by atoms with Gasteiger partial charge < -0.3 is 10.1 Å². The van der Waals surface area contributed by atoms with Crippen LogP contribution in [0, 0.1) is 0 Å². The average Bonchev–Trinajstić information content (AvgIpc) is 2.89. The van der Waals surface area contributed by atoms with E-state index >= 15 is 0 Å². The summed E-state index contributed by atoms with van der Waals surface area (Å²) in [6, 6.07) is 6.94. The van der Waals surface area contributed by atoms with Crippen LogP contribution in [0.5, 0.6) is 5.88 Å². The lowest BCUT2D eigenvalue weighted by atomic mass is 10.3. The molecule has 0 spiro atoms. The molecule has 22 heavy (non-hydrogen) atoms. The van der Waals surface area contributed by atoms with Crippen molar-refractivity contribution in [1.82, 2.24) is 15.1 Å². The maximum atomic E-state index is 12.8. The molecule has 118 valence electrons. The number of para-hydroxylation sites is 1. The number of hydrogen-bond acceptors (Lipinski definition) is 3. The van der Waals surface area contributed by atoms with Crippen molar-refractivity contribution in [2.75, 3.05) is 13.7 Å². The van der Waals surface area contributed by atoms with Gasteiger partial charge in [-0.2, -0.15) is 23.0 Å². The van der Waals surface area contributed by atoms with Crippen LogP contribution in [0.15, 0.2) is 30.3 Å². The number of ether oxygens (including phenoxy) is 1. The second-order valence-corrected chi connectivity index (χ2v) is 4.60. The highest BCUT2D eigenvalue weighted by molar-refractivity contribution is 6.32. The van der Waals surface area contributed by atoms with E-state index < -0.39 is 24.4 Å². The maximum Gasteiger partial charge on any atom is 0.435 e. The van der Waals surface area contributed by atoms with Gasteiger partial charge in [0.05, 0.1) is 10.7 Å². The molecule has 0 fully saturated rings. The SMILES string of the molecule is CNC(=O)COc1cc(C(F)(F)F)nn1-c1ccccc1Cl. The second-order valence-electron chi connectivity index (χ2n) is 4.19. The van der Waals surface area contributed by atoms with Crippen molar-refractivity contribution in [3.8, 4) is 11.6 Å². The molecular formula is C13H11ClF3N3O2. The minimum Gasteiger partial charge on any atom is -0.467 e. The molecule has 1 amide bonds. The molecule has 1 heterocycles. The van der Waals surface area contributed by atoms with E-state index in [0.29, 0.717) is 6.07 Å². The number of carbonyl (C=O) groups is 1. The van der Waals surface area contributed by atoms with E-state index in [4.69, 9.17) is 16.3 Å². The van der Waals surface area contributed by atoms with Crippen molar-refractivity contribution in [2.45, 2.75) is 6.18 Å². The number of rotatable bonds is 4. The van der Waals surface area contributed by atoms with E-state index in [0.717, 1.165) is 4.68 Å². The van der Waals surface area contributed by atoms with Crippen LogP contribution in [0.3, 0.4) is 0 Å². The van der Waals surface area contributed by atoms with Crippen LogP contribution in [0.2, 0.25) is 5.02 Å². The Morgan fingerprint density at radius 1 is 1.41 bits per heavy atom. The Hall–Kier alpha value is -2.22. The van der Waals surface area contributed by atoms with Crippen molar-refractivity contribution in [3.63, 3.8) is 0 Å². The van der Waals surface area contributed by atoms with E-state index in [1.54, 1.807) is 12.1 Å². The third kappa shape index (κ3) is 3.51. The third-order valence-electron chi connectivity index (χ3n) is 2.68. The lowest BCUT2D eigenvalue weighted by Crippen LogP contribution is -2.25. The normalized spacial score (nSPS) is 11.3. The van der Waals surface area contributed by atoms with Crippen LogP contribution < -0.4 is 10.1 Å². The molecule has 9 heteroatoms. The number of hydrogen-bond donors (Lipinski definition) is 1. The van der Waals surface area contributed by atoms with Crippen LogP contribution in [-0.4, -0.2) is 29.3 Å². The summed E-state index contributed by atoms with van der Waals surface area (Å²) >= 11 is 5.97. The molecule has 0 bridgehead atoms. The Morgan fingerprint density at radius 2 is 2.09 bits per heavy atom. The molecule has 1 aromatic heterocycles.